The number of methoxy groups -OCH3 is 1. The molecule has 0 saturated heterocycles. The van der Waals surface area contributed by atoms with Gasteiger partial charge >= 0.3 is 6.09 Å². The number of thioether (sulfide) groups is 1. The van der Waals surface area contributed by atoms with Crippen molar-refractivity contribution in [2.45, 2.75) is 19.0 Å². The highest BCUT2D eigenvalue weighted by Crippen LogP contribution is 2.16. The lowest BCUT2D eigenvalue weighted by atomic mass is 10.1. The Morgan fingerprint density at radius 1 is 1.10 bits per heavy atom. The number of ether oxygens (including phenoxy) is 1. The fourth-order valence-electron chi connectivity index (χ4n) is 2.57. The topological polar surface area (TPSA) is 96.5 Å². The van der Waals surface area contributed by atoms with E-state index < -0.39 is 12.1 Å². The summed E-state index contributed by atoms with van der Waals surface area (Å²) in [5.74, 6) is 0.186. The van der Waals surface area contributed by atoms with E-state index in [2.05, 4.69) is 36.6 Å². The lowest BCUT2D eigenvalue weighted by Gasteiger charge is -2.19. The largest absolute Gasteiger partial charge is 0.453 e. The second kappa shape index (κ2) is 12.2. The molecule has 0 aromatic heterocycles. The van der Waals surface area contributed by atoms with Crippen LogP contribution in [0.4, 0.5) is 10.5 Å². The van der Waals surface area contributed by atoms with E-state index in [1.165, 1.54) is 7.11 Å². The quantitative estimate of drug-likeness (QED) is 0.493. The van der Waals surface area contributed by atoms with Gasteiger partial charge in [0.1, 0.15) is 6.04 Å². The van der Waals surface area contributed by atoms with Crippen LogP contribution in [0.3, 0.4) is 0 Å². The fourth-order valence-corrected chi connectivity index (χ4v) is 3.51. The predicted molar refractivity (Wildman–Crippen MR) is 123 cm³/mol. The van der Waals surface area contributed by atoms with Gasteiger partial charge in [0.15, 0.2) is 0 Å². The average molecular weight is 494 g/mol. The molecular weight excluding hydrogens is 470 g/mol. The Hall–Kier alpha value is -2.52. The molecule has 3 N–H and O–H groups in total. The normalized spacial score (nSPS) is 11.3. The van der Waals surface area contributed by atoms with Crippen molar-refractivity contribution in [2.24, 2.45) is 0 Å². The van der Waals surface area contributed by atoms with Gasteiger partial charge in [-0.15, -0.1) is 0 Å². The number of hydrogen-bond acceptors (Lipinski definition) is 5. The van der Waals surface area contributed by atoms with Crippen LogP contribution in [0.1, 0.15) is 22.3 Å². The standard InChI is InChI=1S/C21H24BrN3O4S/c1-29-21(28)24-15-9-7-14(8-10-15)13-23-20(27)18(11-12-30-2)25-19(26)16-5-3-4-6-17(16)22/h3-10,18H,11-13H2,1-2H3,(H,23,27)(H,24,28)(H,25,26). The van der Waals surface area contributed by atoms with Gasteiger partial charge in [0.05, 0.1) is 12.7 Å². The van der Waals surface area contributed by atoms with E-state index >= 15 is 0 Å². The van der Waals surface area contributed by atoms with Crippen LogP contribution in [0.15, 0.2) is 53.0 Å². The third-order valence-corrected chi connectivity index (χ3v) is 5.54. The molecule has 9 heteroatoms. The highest BCUT2D eigenvalue weighted by atomic mass is 79.9. The van der Waals surface area contributed by atoms with Gasteiger partial charge in [-0.3, -0.25) is 14.9 Å². The molecule has 0 spiro atoms. The molecule has 0 heterocycles. The van der Waals surface area contributed by atoms with Gasteiger partial charge in [0, 0.05) is 16.7 Å². The third-order valence-electron chi connectivity index (χ3n) is 4.20. The van der Waals surface area contributed by atoms with Gasteiger partial charge in [-0.05, 0) is 64.2 Å². The van der Waals surface area contributed by atoms with Crippen molar-refractivity contribution in [1.82, 2.24) is 10.6 Å². The summed E-state index contributed by atoms with van der Waals surface area (Å²) in [7, 11) is 1.29. The van der Waals surface area contributed by atoms with Gasteiger partial charge in [-0.2, -0.15) is 11.8 Å². The Morgan fingerprint density at radius 3 is 2.43 bits per heavy atom. The summed E-state index contributed by atoms with van der Waals surface area (Å²) in [4.78, 5) is 36.5. The van der Waals surface area contributed by atoms with E-state index in [-0.39, 0.29) is 11.8 Å². The molecule has 3 amide bonds. The van der Waals surface area contributed by atoms with Crippen molar-refractivity contribution in [3.8, 4) is 0 Å². The van der Waals surface area contributed by atoms with Crippen molar-refractivity contribution >= 4 is 51.3 Å². The van der Waals surface area contributed by atoms with Crippen LogP contribution in [-0.4, -0.2) is 43.1 Å². The number of nitrogens with one attached hydrogen (secondary N) is 3. The smallest absolute Gasteiger partial charge is 0.411 e. The molecule has 160 valence electrons. The highest BCUT2D eigenvalue weighted by molar-refractivity contribution is 9.10. The molecule has 0 aliphatic heterocycles. The molecule has 0 aliphatic rings. The van der Waals surface area contributed by atoms with Gasteiger partial charge < -0.3 is 15.4 Å². The summed E-state index contributed by atoms with van der Waals surface area (Å²) in [6.07, 6.45) is 1.92. The summed E-state index contributed by atoms with van der Waals surface area (Å²) in [6.45, 7) is 0.304. The van der Waals surface area contributed by atoms with Crippen LogP contribution in [-0.2, 0) is 16.1 Å². The third kappa shape index (κ3) is 7.38. The zero-order chi connectivity index (χ0) is 21.9. The van der Waals surface area contributed by atoms with Crippen LogP contribution in [0, 0.1) is 0 Å². The monoisotopic (exact) mass is 493 g/mol. The first-order chi connectivity index (χ1) is 14.4. The Morgan fingerprint density at radius 2 is 1.80 bits per heavy atom. The van der Waals surface area contributed by atoms with Crippen LogP contribution < -0.4 is 16.0 Å². The molecule has 1 atom stereocenters. The number of carbonyl (C=O) groups is 3. The first-order valence-electron chi connectivity index (χ1n) is 9.20. The number of anilines is 1. The van der Waals surface area contributed by atoms with E-state index in [0.29, 0.717) is 28.7 Å². The van der Waals surface area contributed by atoms with Crippen molar-refractivity contribution < 1.29 is 19.1 Å². The maximum atomic E-state index is 12.7. The van der Waals surface area contributed by atoms with Crippen LogP contribution in [0.25, 0.3) is 0 Å². The summed E-state index contributed by atoms with van der Waals surface area (Å²) in [5.41, 5.74) is 1.93. The molecule has 7 nitrogen and oxygen atoms in total. The molecule has 0 saturated carbocycles. The number of hydrogen-bond donors (Lipinski definition) is 3. The van der Waals surface area contributed by atoms with Gasteiger partial charge in [-0.1, -0.05) is 24.3 Å². The fraction of sp³-hybridized carbons (Fsp3) is 0.286. The van der Waals surface area contributed by atoms with E-state index in [1.54, 1.807) is 54.2 Å². The minimum absolute atomic E-state index is 0.249. The van der Waals surface area contributed by atoms with Crippen LogP contribution in [0.2, 0.25) is 0 Å². The number of benzene rings is 2. The van der Waals surface area contributed by atoms with E-state index in [1.807, 2.05) is 12.3 Å². The molecule has 2 rings (SSSR count). The minimum Gasteiger partial charge on any atom is -0.453 e. The van der Waals surface area contributed by atoms with Crippen molar-refractivity contribution in [1.29, 1.82) is 0 Å². The zero-order valence-electron chi connectivity index (χ0n) is 16.7. The van der Waals surface area contributed by atoms with Gasteiger partial charge in [-0.25, -0.2) is 4.79 Å². The van der Waals surface area contributed by atoms with E-state index in [0.717, 1.165) is 11.3 Å². The molecular formula is C21H24BrN3O4S. The summed E-state index contributed by atoms with van der Waals surface area (Å²) >= 11 is 4.97. The lowest BCUT2D eigenvalue weighted by Crippen LogP contribution is -2.47. The second-order valence-corrected chi connectivity index (χ2v) is 8.16. The van der Waals surface area contributed by atoms with E-state index in [9.17, 15) is 14.4 Å². The molecule has 0 radical (unpaired) electrons. The Labute approximate surface area is 188 Å². The zero-order valence-corrected chi connectivity index (χ0v) is 19.1. The number of halogens is 1. The Kier molecular flexibility index (Phi) is 9.69. The predicted octanol–water partition coefficient (Wildman–Crippen LogP) is 3.80. The Bertz CT molecular complexity index is 877. The maximum Gasteiger partial charge on any atom is 0.411 e. The Balaban J connectivity index is 1.97. The number of carbonyl (C=O) groups excluding carboxylic acids is 3. The SMILES string of the molecule is COC(=O)Nc1ccc(CNC(=O)C(CCSC)NC(=O)c2ccccc2Br)cc1. The molecule has 0 fully saturated rings. The highest BCUT2D eigenvalue weighted by Gasteiger charge is 2.21. The van der Waals surface area contributed by atoms with Crippen LogP contribution >= 0.6 is 27.7 Å². The second-order valence-electron chi connectivity index (χ2n) is 6.32. The molecule has 0 aliphatic carbocycles. The van der Waals surface area contributed by atoms with Gasteiger partial charge in [0.25, 0.3) is 5.91 Å². The van der Waals surface area contributed by atoms with Crippen molar-refractivity contribution in [2.75, 3.05) is 24.4 Å². The lowest BCUT2D eigenvalue weighted by molar-refractivity contribution is -0.123. The first-order valence-corrected chi connectivity index (χ1v) is 11.4. The molecule has 0 bridgehead atoms. The van der Waals surface area contributed by atoms with Crippen LogP contribution in [0.5, 0.6) is 0 Å². The number of rotatable bonds is 9. The summed E-state index contributed by atoms with van der Waals surface area (Å²) in [5, 5.41) is 8.26. The molecule has 30 heavy (non-hydrogen) atoms. The minimum atomic E-state index is -0.641. The van der Waals surface area contributed by atoms with E-state index in [4.69, 9.17) is 0 Å². The van der Waals surface area contributed by atoms with Gasteiger partial charge in [0.2, 0.25) is 5.91 Å². The summed E-state index contributed by atoms with van der Waals surface area (Å²) in [6, 6.07) is 13.5. The molecule has 2 aromatic carbocycles. The molecule has 1 unspecified atom stereocenters. The van der Waals surface area contributed by atoms with Crippen molar-refractivity contribution in [3.63, 3.8) is 0 Å². The molecule has 2 aromatic rings. The summed E-state index contributed by atoms with van der Waals surface area (Å²) < 4.78 is 5.22. The van der Waals surface area contributed by atoms with Crippen molar-refractivity contribution in [3.05, 3.63) is 64.1 Å². The first kappa shape index (κ1) is 23.8. The number of amides is 3. The average Bonchev–Trinajstić information content (AvgIpc) is 2.75. The maximum absolute atomic E-state index is 12.7.